The molecule has 0 aliphatic carbocycles. The van der Waals surface area contributed by atoms with E-state index in [9.17, 15) is 0 Å². The summed E-state index contributed by atoms with van der Waals surface area (Å²) in [5, 5.41) is 1.12. The fourth-order valence-corrected chi connectivity index (χ4v) is 3.33. The largest absolute Gasteiger partial charge is 0.497 e. The van der Waals surface area contributed by atoms with Crippen LogP contribution in [0.1, 0.15) is 28.7 Å². The molecule has 0 aliphatic heterocycles. The number of methoxy groups -OCH3 is 1. The highest BCUT2D eigenvalue weighted by atomic mass is 16.5. The number of ether oxygens (including phenoxy) is 2. The number of para-hydroxylation sites is 1. The number of hydrogen-bond donors (Lipinski definition) is 0. The van der Waals surface area contributed by atoms with E-state index < -0.39 is 0 Å². The fourth-order valence-electron chi connectivity index (χ4n) is 3.33. The summed E-state index contributed by atoms with van der Waals surface area (Å²) in [6.45, 7) is 3.88. The molecule has 4 aromatic rings. The lowest BCUT2D eigenvalue weighted by atomic mass is 10.0. The summed E-state index contributed by atoms with van der Waals surface area (Å²) in [5.41, 5.74) is 4.70. The number of nitrogens with zero attached hydrogens (tertiary/aromatic N) is 3. The first kappa shape index (κ1) is 18.9. The van der Waals surface area contributed by atoms with Crippen molar-refractivity contribution in [3.05, 3.63) is 89.4 Å². The van der Waals surface area contributed by atoms with Crippen LogP contribution in [-0.2, 0) is 6.42 Å². The van der Waals surface area contributed by atoms with Crippen molar-refractivity contribution < 1.29 is 9.47 Å². The van der Waals surface area contributed by atoms with Crippen LogP contribution in [-0.4, -0.2) is 22.1 Å². The summed E-state index contributed by atoms with van der Waals surface area (Å²) >= 11 is 0. The van der Waals surface area contributed by atoms with Crippen LogP contribution < -0.4 is 9.47 Å². The Balaban J connectivity index is 1.67. The molecule has 0 bridgehead atoms. The van der Waals surface area contributed by atoms with Gasteiger partial charge in [-0.05, 0) is 49.7 Å². The van der Waals surface area contributed by atoms with Gasteiger partial charge in [-0.2, -0.15) is 0 Å². The number of aryl methyl sites for hydroxylation is 2. The molecule has 2 aromatic heterocycles. The van der Waals surface area contributed by atoms with E-state index in [4.69, 9.17) is 14.5 Å². The molecule has 1 unspecified atom stereocenters. The Bertz CT molecular complexity index is 1110. The second-order valence-electron chi connectivity index (χ2n) is 7.01. The van der Waals surface area contributed by atoms with Gasteiger partial charge in [0.1, 0.15) is 11.9 Å². The van der Waals surface area contributed by atoms with Crippen LogP contribution in [0, 0.1) is 13.8 Å². The molecule has 0 saturated carbocycles. The molecule has 0 N–H and O–H groups in total. The van der Waals surface area contributed by atoms with E-state index in [1.807, 2.05) is 68.4 Å². The maximum Gasteiger partial charge on any atom is 0.317 e. The van der Waals surface area contributed by atoms with E-state index in [-0.39, 0.29) is 6.10 Å². The van der Waals surface area contributed by atoms with E-state index in [1.165, 1.54) is 0 Å². The van der Waals surface area contributed by atoms with Crippen molar-refractivity contribution >= 4 is 10.9 Å². The van der Waals surface area contributed by atoms with Crippen LogP contribution in [0.4, 0.5) is 0 Å². The van der Waals surface area contributed by atoms with Crippen molar-refractivity contribution in [1.29, 1.82) is 0 Å². The fraction of sp³-hybridized carbons (Fsp3) is 0.208. The topological polar surface area (TPSA) is 57.1 Å². The summed E-state index contributed by atoms with van der Waals surface area (Å²) in [6, 6.07) is 22.4. The Morgan fingerprint density at radius 3 is 2.28 bits per heavy atom. The Labute approximate surface area is 170 Å². The number of aromatic nitrogens is 3. The highest BCUT2D eigenvalue weighted by Crippen LogP contribution is 2.26. The molecular formula is C24H23N3O2. The van der Waals surface area contributed by atoms with Gasteiger partial charge in [0.25, 0.3) is 0 Å². The summed E-state index contributed by atoms with van der Waals surface area (Å²) in [4.78, 5) is 13.7. The lowest BCUT2D eigenvalue weighted by molar-refractivity contribution is 0.186. The first-order valence-electron chi connectivity index (χ1n) is 9.58. The van der Waals surface area contributed by atoms with E-state index in [0.29, 0.717) is 12.4 Å². The van der Waals surface area contributed by atoms with Crippen LogP contribution in [0.15, 0.2) is 66.7 Å². The summed E-state index contributed by atoms with van der Waals surface area (Å²) < 4.78 is 11.5. The molecule has 5 nitrogen and oxygen atoms in total. The Morgan fingerprint density at radius 1 is 0.828 bits per heavy atom. The van der Waals surface area contributed by atoms with Crippen molar-refractivity contribution in [3.63, 3.8) is 0 Å². The van der Waals surface area contributed by atoms with Crippen LogP contribution in [0.2, 0.25) is 0 Å². The van der Waals surface area contributed by atoms with Crippen LogP contribution in [0.25, 0.3) is 10.9 Å². The van der Waals surface area contributed by atoms with E-state index >= 15 is 0 Å². The van der Waals surface area contributed by atoms with E-state index in [1.54, 1.807) is 7.11 Å². The van der Waals surface area contributed by atoms with Gasteiger partial charge >= 0.3 is 6.01 Å². The molecule has 0 spiro atoms. The Morgan fingerprint density at radius 2 is 1.55 bits per heavy atom. The maximum atomic E-state index is 6.25. The molecule has 0 amide bonds. The number of pyridine rings is 1. The van der Waals surface area contributed by atoms with Gasteiger partial charge in [-0.1, -0.05) is 36.4 Å². The molecule has 146 valence electrons. The molecule has 2 heterocycles. The van der Waals surface area contributed by atoms with Gasteiger partial charge in [0, 0.05) is 28.9 Å². The van der Waals surface area contributed by atoms with Crippen molar-refractivity contribution in [3.8, 4) is 11.8 Å². The number of hydrogen-bond acceptors (Lipinski definition) is 5. The zero-order chi connectivity index (χ0) is 20.2. The van der Waals surface area contributed by atoms with E-state index in [2.05, 4.69) is 22.1 Å². The second kappa shape index (κ2) is 8.27. The van der Waals surface area contributed by atoms with Gasteiger partial charge in [-0.3, -0.25) is 4.98 Å². The molecule has 1 atom stereocenters. The smallest absolute Gasteiger partial charge is 0.317 e. The molecule has 0 fully saturated rings. The van der Waals surface area contributed by atoms with E-state index in [0.717, 1.165) is 39.3 Å². The van der Waals surface area contributed by atoms with Crippen LogP contribution in [0.5, 0.6) is 11.8 Å². The first-order chi connectivity index (χ1) is 14.1. The Kier molecular flexibility index (Phi) is 5.38. The predicted molar refractivity (Wildman–Crippen MR) is 113 cm³/mol. The monoisotopic (exact) mass is 385 g/mol. The van der Waals surface area contributed by atoms with Crippen LogP contribution in [0.3, 0.4) is 0 Å². The lowest BCUT2D eigenvalue weighted by Gasteiger charge is -2.19. The molecule has 29 heavy (non-hydrogen) atoms. The first-order valence-corrected chi connectivity index (χ1v) is 9.58. The van der Waals surface area contributed by atoms with Crippen molar-refractivity contribution in [1.82, 2.24) is 15.0 Å². The molecule has 2 aromatic carbocycles. The SMILES string of the molecule is COc1ccc(C(Cc2ccc3ccccc3n2)Oc2nc(C)cc(C)n2)cc1. The standard InChI is InChI=1S/C24H23N3O2/c1-16-14-17(2)26-24(25-16)29-23(19-9-12-21(28-3)13-10-19)15-20-11-8-18-6-4-5-7-22(18)27-20/h4-14,23H,15H2,1-3H3. The van der Waals surface area contributed by atoms with Gasteiger partial charge in [0.05, 0.1) is 12.6 Å². The Hall–Kier alpha value is -3.47. The molecule has 0 saturated heterocycles. The highest BCUT2D eigenvalue weighted by Gasteiger charge is 2.18. The number of fused-ring (bicyclic) bond motifs is 1. The third-order valence-corrected chi connectivity index (χ3v) is 4.75. The van der Waals surface area contributed by atoms with Crippen LogP contribution >= 0.6 is 0 Å². The zero-order valence-electron chi connectivity index (χ0n) is 16.8. The van der Waals surface area contributed by atoms with Gasteiger partial charge in [0.15, 0.2) is 0 Å². The highest BCUT2D eigenvalue weighted by molar-refractivity contribution is 5.78. The molecule has 0 aliphatic rings. The maximum absolute atomic E-state index is 6.25. The minimum Gasteiger partial charge on any atom is -0.497 e. The van der Waals surface area contributed by atoms with Crippen molar-refractivity contribution in [2.45, 2.75) is 26.4 Å². The molecular weight excluding hydrogens is 362 g/mol. The van der Waals surface area contributed by atoms with Gasteiger partial charge in [-0.25, -0.2) is 9.97 Å². The predicted octanol–water partition coefficient (Wildman–Crippen LogP) is 5.01. The van der Waals surface area contributed by atoms with Gasteiger partial charge in [0.2, 0.25) is 0 Å². The van der Waals surface area contributed by atoms with Gasteiger partial charge < -0.3 is 9.47 Å². The minimum atomic E-state index is -0.268. The van der Waals surface area contributed by atoms with Crippen molar-refractivity contribution in [2.24, 2.45) is 0 Å². The zero-order valence-corrected chi connectivity index (χ0v) is 16.8. The summed E-state index contributed by atoms with van der Waals surface area (Å²) in [5.74, 6) is 0.805. The average Bonchev–Trinajstić information content (AvgIpc) is 2.72. The minimum absolute atomic E-state index is 0.268. The summed E-state index contributed by atoms with van der Waals surface area (Å²) in [6.07, 6.45) is 0.337. The molecule has 4 rings (SSSR count). The number of rotatable bonds is 6. The van der Waals surface area contributed by atoms with Gasteiger partial charge in [-0.15, -0.1) is 0 Å². The quantitative estimate of drug-likeness (QED) is 0.467. The van der Waals surface area contributed by atoms with Crippen molar-refractivity contribution in [2.75, 3.05) is 7.11 Å². The third-order valence-electron chi connectivity index (χ3n) is 4.75. The third kappa shape index (κ3) is 4.51. The molecule has 5 heteroatoms. The number of benzene rings is 2. The normalized spacial score (nSPS) is 12.0. The summed E-state index contributed by atoms with van der Waals surface area (Å²) in [7, 11) is 1.66. The average molecular weight is 385 g/mol. The molecule has 0 radical (unpaired) electrons. The lowest BCUT2D eigenvalue weighted by Crippen LogP contribution is -2.14. The second-order valence-corrected chi connectivity index (χ2v) is 7.01.